The molecule has 10 nitrogen and oxygen atoms in total. The summed E-state index contributed by atoms with van der Waals surface area (Å²) in [6, 6.07) is 2.81. The number of nitro groups is 3. The van der Waals surface area contributed by atoms with E-state index in [4.69, 9.17) is 4.74 Å². The smallest absolute Gasteiger partial charge is 0.553 e. The van der Waals surface area contributed by atoms with Gasteiger partial charge in [0, 0.05) is 16.2 Å². The Morgan fingerprint density at radius 1 is 1.11 bits per heavy atom. The number of non-ortho nitro benzene ring substituents is 1. The number of rotatable bonds is 5. The summed E-state index contributed by atoms with van der Waals surface area (Å²) in [5.74, 6) is -0.191. The van der Waals surface area contributed by atoms with Gasteiger partial charge in [-0.15, -0.1) is 0 Å². The Balaban J connectivity index is 0.00000324. The molecule has 0 saturated carbocycles. The summed E-state index contributed by atoms with van der Waals surface area (Å²) in [6.45, 7) is 0. The zero-order valence-corrected chi connectivity index (χ0v) is 13.1. The predicted molar refractivity (Wildman–Crippen MR) is 56.0 cm³/mol. The minimum atomic E-state index is -1.38. The van der Waals surface area contributed by atoms with E-state index in [0.717, 1.165) is 25.3 Å². The molecule has 0 N–H and O–H groups in total. The molecule has 0 aliphatic rings. The molecular formula is C8H6KN3O7. The molecule has 0 amide bonds. The summed E-state index contributed by atoms with van der Waals surface area (Å²) in [4.78, 5) is 28.4. The number of hydrogen-bond donors (Lipinski definition) is 0. The standard InChI is InChI=1S/C8H6N3O7.K/c1-18-7-3-2-5(9(12)13)4-6(7)8(10(14)15)11(16)17;/h2-4H,1H3;/q-1;+1. The maximum absolute atomic E-state index is 10.6. The van der Waals surface area contributed by atoms with Gasteiger partial charge >= 0.3 is 57.6 Å². The molecule has 0 aliphatic heterocycles. The van der Waals surface area contributed by atoms with Crippen LogP contribution in [0.1, 0.15) is 5.56 Å². The molecule has 0 unspecified atom stereocenters. The second kappa shape index (κ2) is 7.35. The van der Waals surface area contributed by atoms with E-state index in [1.807, 2.05) is 0 Å². The van der Waals surface area contributed by atoms with Crippen LogP contribution in [0.2, 0.25) is 0 Å². The third-order valence-corrected chi connectivity index (χ3v) is 1.98. The maximum Gasteiger partial charge on any atom is 1.00 e. The summed E-state index contributed by atoms with van der Waals surface area (Å²) in [5, 5.41) is 31.7. The number of nitro benzene ring substituents is 1. The number of benzene rings is 1. The van der Waals surface area contributed by atoms with Gasteiger partial charge in [0.2, 0.25) is 5.69 Å². The minimum absolute atomic E-state index is 0. The summed E-state index contributed by atoms with van der Waals surface area (Å²) in [5.41, 5.74) is -1.06. The molecule has 1 aromatic carbocycles. The Morgan fingerprint density at radius 3 is 2.00 bits per heavy atom. The van der Waals surface area contributed by atoms with Crippen LogP contribution in [0.15, 0.2) is 18.2 Å². The van der Waals surface area contributed by atoms with Crippen LogP contribution >= 0.6 is 0 Å². The molecule has 0 aromatic heterocycles. The molecular weight excluding hydrogens is 289 g/mol. The molecule has 0 heterocycles. The van der Waals surface area contributed by atoms with Crippen molar-refractivity contribution >= 4 is 5.69 Å². The summed E-state index contributed by atoms with van der Waals surface area (Å²) >= 11 is 0. The number of methoxy groups -OCH3 is 1. The molecule has 96 valence electrons. The Hall–Kier alpha value is -1.27. The van der Waals surface area contributed by atoms with Crippen molar-refractivity contribution in [2.24, 2.45) is 0 Å². The SMILES string of the molecule is COc1ccc([N+](=O)[O-])cc1[C-]([N+](=O)[O-])[N+](=O)[O-].[K+]. The van der Waals surface area contributed by atoms with Crippen LogP contribution in [0.4, 0.5) is 5.69 Å². The normalized spacial score (nSPS) is 9.11. The minimum Gasteiger partial charge on any atom is -0.553 e. The Labute approximate surface area is 148 Å². The van der Waals surface area contributed by atoms with Crippen LogP contribution in [0.25, 0.3) is 0 Å². The Morgan fingerprint density at radius 2 is 1.63 bits per heavy atom. The van der Waals surface area contributed by atoms with Crippen molar-refractivity contribution in [1.82, 2.24) is 0 Å². The van der Waals surface area contributed by atoms with E-state index in [1.165, 1.54) is 0 Å². The van der Waals surface area contributed by atoms with E-state index in [9.17, 15) is 30.3 Å². The van der Waals surface area contributed by atoms with Gasteiger partial charge in [-0.05, 0) is 6.07 Å². The summed E-state index contributed by atoms with van der Waals surface area (Å²) in [6.07, 6.45) is -1.38. The quantitative estimate of drug-likeness (QED) is 0.265. The van der Waals surface area contributed by atoms with Crippen molar-refractivity contribution in [3.8, 4) is 5.75 Å². The van der Waals surface area contributed by atoms with E-state index in [0.29, 0.717) is 0 Å². The molecule has 0 radical (unpaired) electrons. The Kier molecular flexibility index (Phi) is 6.86. The summed E-state index contributed by atoms with van der Waals surface area (Å²) < 4.78 is 4.71. The van der Waals surface area contributed by atoms with Crippen LogP contribution in [0.5, 0.6) is 5.75 Å². The van der Waals surface area contributed by atoms with E-state index in [2.05, 4.69) is 0 Å². The van der Waals surface area contributed by atoms with Crippen LogP contribution in [-0.4, -0.2) is 21.9 Å². The molecule has 1 rings (SSSR count). The Bertz CT molecular complexity index is 507. The number of hydrogen-bond acceptors (Lipinski definition) is 7. The van der Waals surface area contributed by atoms with E-state index >= 15 is 0 Å². The van der Waals surface area contributed by atoms with E-state index in [-0.39, 0.29) is 57.1 Å². The van der Waals surface area contributed by atoms with Crippen molar-refractivity contribution in [2.45, 2.75) is 0 Å². The average Bonchev–Trinajstić information content (AvgIpc) is 2.27. The molecule has 0 spiro atoms. The first kappa shape index (κ1) is 17.7. The van der Waals surface area contributed by atoms with Crippen LogP contribution in [-0.2, 0) is 0 Å². The zero-order valence-electron chi connectivity index (χ0n) is 9.93. The predicted octanol–water partition coefficient (Wildman–Crippen LogP) is -2.00. The van der Waals surface area contributed by atoms with Gasteiger partial charge in [0.15, 0.2) is 0 Å². The zero-order chi connectivity index (χ0) is 13.9. The van der Waals surface area contributed by atoms with Crippen LogP contribution in [0, 0.1) is 36.5 Å². The van der Waals surface area contributed by atoms with Crippen molar-refractivity contribution in [2.75, 3.05) is 7.11 Å². The molecule has 19 heavy (non-hydrogen) atoms. The fourth-order valence-electron chi connectivity index (χ4n) is 1.25. The molecule has 0 fully saturated rings. The van der Waals surface area contributed by atoms with Gasteiger partial charge in [-0.3, -0.25) is 30.3 Å². The first-order chi connectivity index (χ1) is 8.38. The van der Waals surface area contributed by atoms with Crippen molar-refractivity contribution in [3.05, 3.63) is 60.3 Å². The van der Waals surface area contributed by atoms with Gasteiger partial charge in [-0.2, -0.15) is 0 Å². The van der Waals surface area contributed by atoms with Crippen LogP contribution < -0.4 is 56.1 Å². The molecule has 0 atom stereocenters. The topological polar surface area (TPSA) is 139 Å². The largest absolute Gasteiger partial charge is 1.00 e. The van der Waals surface area contributed by atoms with Gasteiger partial charge < -0.3 is 4.74 Å². The van der Waals surface area contributed by atoms with Crippen molar-refractivity contribution in [1.29, 1.82) is 0 Å². The van der Waals surface area contributed by atoms with Gasteiger partial charge in [0.1, 0.15) is 0 Å². The van der Waals surface area contributed by atoms with E-state index < -0.39 is 32.2 Å². The molecule has 11 heteroatoms. The van der Waals surface area contributed by atoms with E-state index in [1.54, 1.807) is 0 Å². The van der Waals surface area contributed by atoms with Gasteiger partial charge in [-0.1, -0.05) is 12.1 Å². The van der Waals surface area contributed by atoms with Gasteiger partial charge in [0.25, 0.3) is 0 Å². The summed E-state index contributed by atoms with van der Waals surface area (Å²) in [7, 11) is 1.14. The average molecular weight is 295 g/mol. The number of ether oxygens (including phenoxy) is 1. The molecule has 0 bridgehead atoms. The first-order valence-electron chi connectivity index (χ1n) is 4.37. The maximum atomic E-state index is 10.6. The van der Waals surface area contributed by atoms with Crippen molar-refractivity contribution < 1.29 is 70.9 Å². The third kappa shape index (κ3) is 4.10. The van der Waals surface area contributed by atoms with Gasteiger partial charge in [-0.25, -0.2) is 0 Å². The first-order valence-corrected chi connectivity index (χ1v) is 4.37. The third-order valence-electron chi connectivity index (χ3n) is 1.98. The second-order valence-corrected chi connectivity index (χ2v) is 2.98. The van der Waals surface area contributed by atoms with Gasteiger partial charge in [0.05, 0.1) is 17.0 Å². The molecule has 1 aromatic rings. The van der Waals surface area contributed by atoms with Crippen molar-refractivity contribution in [3.63, 3.8) is 0 Å². The molecule has 0 aliphatic carbocycles. The monoisotopic (exact) mass is 295 g/mol. The molecule has 0 saturated heterocycles. The fraction of sp³-hybridized carbons (Fsp3) is 0.125. The fourth-order valence-corrected chi connectivity index (χ4v) is 1.25. The number of nitrogens with zero attached hydrogens (tertiary/aromatic N) is 3. The van der Waals surface area contributed by atoms with Crippen LogP contribution in [0.3, 0.4) is 0 Å². The second-order valence-electron chi connectivity index (χ2n) is 2.98.